The normalized spacial score (nSPS) is 13.8. The number of H-pyrrole nitrogens is 2. The molecule has 0 aliphatic heterocycles. The Labute approximate surface area is 398 Å². The van der Waals surface area contributed by atoms with Crippen LogP contribution >= 0.6 is 0 Å². The van der Waals surface area contributed by atoms with Crippen LogP contribution in [-0.4, -0.2) is 117 Å². The van der Waals surface area contributed by atoms with Crippen molar-refractivity contribution in [3.63, 3.8) is 0 Å². The highest BCUT2D eigenvalue weighted by atomic mass is 16.4. The quantitative estimate of drug-likeness (QED) is 0.0185. The fraction of sp³-hybridized carbons (Fsp3) is 0.375. The predicted octanol–water partition coefficient (Wildman–Crippen LogP) is 0.560. The Balaban J connectivity index is 1.47. The van der Waals surface area contributed by atoms with Gasteiger partial charge < -0.3 is 69.7 Å². The average molecular weight is 951 g/mol. The zero-order valence-electron chi connectivity index (χ0n) is 38.1. The molecule has 0 saturated heterocycles. The van der Waals surface area contributed by atoms with Crippen molar-refractivity contribution in [3.05, 3.63) is 108 Å². The Hall–Kier alpha value is -7.78. The Morgan fingerprint density at radius 3 is 1.54 bits per heavy atom. The summed E-state index contributed by atoms with van der Waals surface area (Å²) in [6.07, 6.45) is 3.95. The van der Waals surface area contributed by atoms with Gasteiger partial charge in [0.25, 0.3) is 0 Å². The number of guanidine groups is 1. The highest BCUT2D eigenvalue weighted by molar-refractivity contribution is 5.97. The molecule has 5 aromatic rings. The summed E-state index contributed by atoms with van der Waals surface area (Å²) in [6.45, 7) is 0.556. The highest BCUT2D eigenvalue weighted by Gasteiger charge is 2.34. The zero-order valence-corrected chi connectivity index (χ0v) is 38.1. The van der Waals surface area contributed by atoms with Crippen LogP contribution in [0.15, 0.2) is 96.2 Å². The molecule has 69 heavy (non-hydrogen) atoms. The number of aromatic amines is 2. The van der Waals surface area contributed by atoms with E-state index in [2.05, 4.69) is 41.5 Å². The second-order valence-electron chi connectivity index (χ2n) is 16.7. The molecule has 2 aromatic heterocycles. The number of hydrogen-bond acceptors (Lipinski definition) is 10. The maximum atomic E-state index is 14.8. The number of nitrogens with one attached hydrogen (secondary N) is 7. The van der Waals surface area contributed by atoms with Gasteiger partial charge in [-0.2, -0.15) is 0 Å². The molecule has 0 spiro atoms. The number of rotatable bonds is 28. The van der Waals surface area contributed by atoms with Crippen LogP contribution in [0.25, 0.3) is 21.8 Å². The summed E-state index contributed by atoms with van der Waals surface area (Å²) < 4.78 is 0. The van der Waals surface area contributed by atoms with E-state index in [1.807, 2.05) is 42.5 Å². The molecule has 3 aromatic carbocycles. The fourth-order valence-corrected chi connectivity index (χ4v) is 7.82. The van der Waals surface area contributed by atoms with E-state index in [9.17, 15) is 43.8 Å². The van der Waals surface area contributed by atoms with Crippen LogP contribution in [0.2, 0.25) is 0 Å². The largest absolute Gasteiger partial charge is 0.481 e. The molecule has 5 amide bonds. The van der Waals surface area contributed by atoms with Crippen molar-refractivity contribution in [1.29, 1.82) is 0 Å². The number of carboxylic acids is 2. The lowest BCUT2D eigenvalue weighted by molar-refractivity contribution is -0.143. The first-order valence-electron chi connectivity index (χ1n) is 22.7. The van der Waals surface area contributed by atoms with Crippen molar-refractivity contribution in [2.75, 3.05) is 13.1 Å². The van der Waals surface area contributed by atoms with Gasteiger partial charge in [0.1, 0.15) is 30.2 Å². The molecule has 0 bridgehead atoms. The number of amides is 5. The van der Waals surface area contributed by atoms with Crippen molar-refractivity contribution in [2.45, 2.75) is 100 Å². The zero-order chi connectivity index (χ0) is 49.9. The molecule has 0 radical (unpaired) electrons. The molecule has 6 atom stereocenters. The van der Waals surface area contributed by atoms with Crippen molar-refractivity contribution < 1.29 is 43.8 Å². The van der Waals surface area contributed by atoms with E-state index in [1.54, 1.807) is 48.8 Å². The fourth-order valence-electron chi connectivity index (χ4n) is 7.82. The molecule has 21 heteroatoms. The second-order valence-corrected chi connectivity index (χ2v) is 16.7. The standard InChI is InChI=1S/C48H62N12O9/c49-21-9-8-15-33(50)42(63)56-36(18-10-22-53-48(51)52)43(64)59-40(25-30-27-55-35-17-7-5-14-32(30)35)46(67)58-38(23-28-11-2-1-3-12-28)44(65)60-39(24-29-26-54-34-16-6-4-13-31(29)34)45(66)57-37(47(68)69)19-20-41(61)62/h1-7,11-14,16-17,26-27,33,36-40,54-55H,8-10,15,18-25,49-50H2,(H,56,63)(H,57,66)(H,58,67)(H,59,64)(H,60,65)(H,61,62)(H,68,69)(H4,51,52,53)/t33-,36-,37-,38-,39-,40-/m0/s1. The summed E-state index contributed by atoms with van der Waals surface area (Å²) in [5, 5.41) is 34.1. The smallest absolute Gasteiger partial charge is 0.326 e. The summed E-state index contributed by atoms with van der Waals surface area (Å²) in [7, 11) is 0. The van der Waals surface area contributed by atoms with Gasteiger partial charge in [0.05, 0.1) is 6.04 Å². The van der Waals surface area contributed by atoms with Crippen LogP contribution in [0.1, 0.15) is 61.6 Å². The monoisotopic (exact) mass is 950 g/mol. The first-order valence-corrected chi connectivity index (χ1v) is 22.7. The molecule has 2 heterocycles. The summed E-state index contributed by atoms with van der Waals surface area (Å²) in [5.41, 5.74) is 26.2. The Morgan fingerprint density at radius 2 is 1.03 bits per heavy atom. The number of aromatic nitrogens is 2. The van der Waals surface area contributed by atoms with Crippen LogP contribution in [0.3, 0.4) is 0 Å². The van der Waals surface area contributed by atoms with Gasteiger partial charge in [0.15, 0.2) is 5.96 Å². The molecule has 0 unspecified atom stereocenters. The van der Waals surface area contributed by atoms with Crippen molar-refractivity contribution >= 4 is 69.2 Å². The summed E-state index contributed by atoms with van der Waals surface area (Å²) in [5.74, 6) is -6.73. The van der Waals surface area contributed by atoms with Crippen molar-refractivity contribution in [3.8, 4) is 0 Å². The number of unbranched alkanes of at least 4 members (excludes halogenated alkanes) is 1. The third kappa shape index (κ3) is 15.9. The number of carboxylic acid groups (broad SMARTS) is 2. The minimum absolute atomic E-state index is 0.0588. The highest BCUT2D eigenvalue weighted by Crippen LogP contribution is 2.21. The van der Waals surface area contributed by atoms with Gasteiger partial charge in [-0.15, -0.1) is 0 Å². The van der Waals surface area contributed by atoms with Crippen LogP contribution < -0.4 is 49.5 Å². The Morgan fingerprint density at radius 1 is 0.551 bits per heavy atom. The van der Waals surface area contributed by atoms with E-state index in [0.717, 1.165) is 21.8 Å². The first-order chi connectivity index (χ1) is 33.1. The van der Waals surface area contributed by atoms with Crippen LogP contribution in [0.4, 0.5) is 0 Å². The SMILES string of the molecule is NCCCC[C@H](N)C(=O)N[C@@H](CCCN=C(N)N)C(=O)N[C@@H](Cc1c[nH]c2ccccc12)C(=O)N[C@@H](Cc1ccccc1)C(=O)N[C@@H](Cc1c[nH]c2ccccc12)C(=O)N[C@@H](CCC(=O)O)C(=O)O. The molecular formula is C48H62N12O9. The number of hydrogen-bond donors (Lipinski definition) is 13. The summed E-state index contributed by atoms with van der Waals surface area (Å²) in [4.78, 5) is 105. The number of carbonyl (C=O) groups is 7. The molecule has 21 nitrogen and oxygen atoms in total. The summed E-state index contributed by atoms with van der Waals surface area (Å²) in [6, 6.07) is 15.4. The minimum Gasteiger partial charge on any atom is -0.481 e. The number of nitrogens with two attached hydrogens (primary N) is 4. The van der Waals surface area contributed by atoms with Gasteiger partial charge in [0, 0.05) is 66.4 Å². The number of fused-ring (bicyclic) bond motifs is 2. The topological polar surface area (TPSA) is 368 Å². The molecule has 368 valence electrons. The molecule has 0 aliphatic rings. The number of carbonyl (C=O) groups excluding carboxylic acids is 5. The Kier molecular flexibility index (Phi) is 19.6. The van der Waals surface area contributed by atoms with E-state index in [4.69, 9.17) is 22.9 Å². The van der Waals surface area contributed by atoms with Crippen LogP contribution in [-0.2, 0) is 52.8 Å². The lowest BCUT2D eigenvalue weighted by atomic mass is 10.00. The number of aliphatic imine (C=N–C) groups is 1. The maximum absolute atomic E-state index is 14.8. The van der Waals surface area contributed by atoms with Crippen molar-refractivity contribution in [1.82, 2.24) is 36.6 Å². The molecule has 0 saturated carbocycles. The van der Waals surface area contributed by atoms with Gasteiger partial charge in [-0.3, -0.25) is 33.8 Å². The molecular weight excluding hydrogens is 889 g/mol. The van der Waals surface area contributed by atoms with E-state index < -0.39 is 90.6 Å². The van der Waals surface area contributed by atoms with Gasteiger partial charge in [-0.1, -0.05) is 73.2 Å². The van der Waals surface area contributed by atoms with Crippen LogP contribution in [0, 0.1) is 0 Å². The van der Waals surface area contributed by atoms with E-state index >= 15 is 0 Å². The second kappa shape index (κ2) is 25.9. The van der Waals surface area contributed by atoms with Crippen molar-refractivity contribution in [2.24, 2.45) is 27.9 Å². The first kappa shape index (κ1) is 52.2. The molecule has 0 aliphatic carbocycles. The Bertz CT molecular complexity index is 2580. The van der Waals surface area contributed by atoms with E-state index in [-0.39, 0.29) is 44.6 Å². The molecule has 17 N–H and O–H groups in total. The lowest BCUT2D eigenvalue weighted by Gasteiger charge is -2.27. The third-order valence-electron chi connectivity index (χ3n) is 11.5. The van der Waals surface area contributed by atoms with E-state index in [0.29, 0.717) is 42.5 Å². The van der Waals surface area contributed by atoms with Gasteiger partial charge in [-0.25, -0.2) is 4.79 Å². The van der Waals surface area contributed by atoms with E-state index in [1.165, 1.54) is 0 Å². The maximum Gasteiger partial charge on any atom is 0.326 e. The van der Waals surface area contributed by atoms with Crippen LogP contribution in [0.5, 0.6) is 0 Å². The minimum atomic E-state index is -1.60. The third-order valence-corrected chi connectivity index (χ3v) is 11.5. The number of para-hydroxylation sites is 2. The van der Waals surface area contributed by atoms with Gasteiger partial charge >= 0.3 is 11.9 Å². The number of nitrogens with zero attached hydrogens (tertiary/aromatic N) is 1. The average Bonchev–Trinajstić information content (AvgIpc) is 3.94. The predicted molar refractivity (Wildman–Crippen MR) is 259 cm³/mol. The molecule has 5 rings (SSSR count). The van der Waals surface area contributed by atoms with Gasteiger partial charge in [0.2, 0.25) is 29.5 Å². The number of aliphatic carboxylic acids is 2. The lowest BCUT2D eigenvalue weighted by Crippen LogP contribution is -2.60. The van der Waals surface area contributed by atoms with Gasteiger partial charge in [-0.05, 0) is 67.5 Å². The summed E-state index contributed by atoms with van der Waals surface area (Å²) >= 11 is 0. The molecule has 0 fully saturated rings. The number of benzene rings is 3.